The van der Waals surface area contributed by atoms with Crippen LogP contribution in [0.5, 0.6) is 0 Å². The summed E-state index contributed by atoms with van der Waals surface area (Å²) in [6.45, 7) is 1.35. The monoisotopic (exact) mass is 208 g/mol. The molecule has 0 saturated carbocycles. The molecule has 0 aliphatic rings. The molecule has 0 saturated heterocycles. The van der Waals surface area contributed by atoms with Gasteiger partial charge in [-0.2, -0.15) is 0 Å². The first-order valence-electron chi connectivity index (χ1n) is 4.37. The van der Waals surface area contributed by atoms with E-state index in [0.717, 1.165) is 0 Å². The molecule has 4 N–H and O–H groups in total. The Morgan fingerprint density at radius 1 is 1.40 bits per heavy atom. The number of benzene rings is 1. The third kappa shape index (κ3) is 2.78. The van der Waals surface area contributed by atoms with Gasteiger partial charge >= 0.3 is 5.97 Å². The molecule has 1 atom stereocenters. The second kappa shape index (κ2) is 4.56. The molecule has 1 amide bonds. The summed E-state index contributed by atoms with van der Waals surface area (Å²) in [7, 11) is 0. The van der Waals surface area contributed by atoms with Crippen LogP contribution in [-0.4, -0.2) is 17.0 Å². The van der Waals surface area contributed by atoms with Gasteiger partial charge in [-0.05, 0) is 6.07 Å². The highest BCUT2D eigenvalue weighted by atomic mass is 16.4. The first-order valence-corrected chi connectivity index (χ1v) is 4.37. The summed E-state index contributed by atoms with van der Waals surface area (Å²) in [4.78, 5) is 21.6. The minimum absolute atomic E-state index is 0.264. The Kier molecular flexibility index (Phi) is 3.41. The Labute approximate surface area is 86.9 Å². The molecular formula is C10H12N2O3. The van der Waals surface area contributed by atoms with Crippen LogP contribution in [0.2, 0.25) is 0 Å². The number of carbonyl (C=O) groups is 2. The van der Waals surface area contributed by atoms with Gasteiger partial charge in [-0.3, -0.25) is 9.59 Å². The van der Waals surface area contributed by atoms with Gasteiger partial charge in [0.25, 0.3) is 0 Å². The number of para-hydroxylation sites is 1. The summed E-state index contributed by atoms with van der Waals surface area (Å²) in [6, 6.07) is 5.42. The minimum Gasteiger partial charge on any atom is -0.480 e. The van der Waals surface area contributed by atoms with E-state index in [-0.39, 0.29) is 5.91 Å². The van der Waals surface area contributed by atoms with Gasteiger partial charge in [-0.15, -0.1) is 0 Å². The molecule has 0 heterocycles. The first-order chi connectivity index (χ1) is 7.02. The predicted molar refractivity (Wildman–Crippen MR) is 55.3 cm³/mol. The van der Waals surface area contributed by atoms with Gasteiger partial charge in [0, 0.05) is 18.2 Å². The second-order valence-electron chi connectivity index (χ2n) is 3.08. The van der Waals surface area contributed by atoms with Gasteiger partial charge in [0.05, 0.1) is 0 Å². The van der Waals surface area contributed by atoms with E-state index in [4.69, 9.17) is 10.8 Å². The molecule has 0 radical (unpaired) electrons. The topological polar surface area (TPSA) is 92.4 Å². The highest BCUT2D eigenvalue weighted by Crippen LogP contribution is 2.21. The van der Waals surface area contributed by atoms with Crippen molar-refractivity contribution in [3.05, 3.63) is 29.8 Å². The number of carboxylic acid groups (broad SMARTS) is 1. The number of nitrogens with one attached hydrogen (secondary N) is 1. The summed E-state index contributed by atoms with van der Waals surface area (Å²) in [5.74, 6) is -1.40. The van der Waals surface area contributed by atoms with E-state index in [9.17, 15) is 9.59 Å². The average Bonchev–Trinajstić information content (AvgIpc) is 2.16. The van der Waals surface area contributed by atoms with E-state index < -0.39 is 12.0 Å². The van der Waals surface area contributed by atoms with Crippen molar-refractivity contribution >= 4 is 17.6 Å². The number of nitrogens with two attached hydrogens (primary N) is 1. The molecule has 15 heavy (non-hydrogen) atoms. The number of hydrogen-bond donors (Lipinski definition) is 3. The molecule has 1 aromatic carbocycles. The quantitative estimate of drug-likeness (QED) is 0.682. The Morgan fingerprint density at radius 2 is 2.00 bits per heavy atom. The van der Waals surface area contributed by atoms with Gasteiger partial charge in [-0.1, -0.05) is 18.2 Å². The highest BCUT2D eigenvalue weighted by molar-refractivity contribution is 5.91. The van der Waals surface area contributed by atoms with Gasteiger partial charge in [0.15, 0.2) is 0 Å². The molecule has 0 aromatic heterocycles. The fourth-order valence-electron chi connectivity index (χ4n) is 1.20. The van der Waals surface area contributed by atoms with Crippen LogP contribution in [0.1, 0.15) is 18.5 Å². The van der Waals surface area contributed by atoms with Crippen molar-refractivity contribution in [3.63, 3.8) is 0 Å². The maximum Gasteiger partial charge on any atom is 0.325 e. The van der Waals surface area contributed by atoms with Crippen molar-refractivity contribution in [1.82, 2.24) is 0 Å². The molecule has 1 rings (SSSR count). The number of amides is 1. The number of anilines is 1. The summed E-state index contributed by atoms with van der Waals surface area (Å²) < 4.78 is 0. The van der Waals surface area contributed by atoms with Crippen molar-refractivity contribution in [2.24, 2.45) is 5.73 Å². The van der Waals surface area contributed by atoms with E-state index in [1.54, 1.807) is 24.3 Å². The van der Waals surface area contributed by atoms with Crippen molar-refractivity contribution in [1.29, 1.82) is 0 Å². The van der Waals surface area contributed by atoms with E-state index in [0.29, 0.717) is 11.3 Å². The van der Waals surface area contributed by atoms with Crippen LogP contribution in [0.4, 0.5) is 5.69 Å². The molecule has 0 fully saturated rings. The van der Waals surface area contributed by atoms with E-state index in [2.05, 4.69) is 5.32 Å². The molecule has 0 unspecified atom stereocenters. The fourth-order valence-corrected chi connectivity index (χ4v) is 1.20. The zero-order chi connectivity index (χ0) is 11.4. The van der Waals surface area contributed by atoms with Crippen molar-refractivity contribution in [2.45, 2.75) is 13.0 Å². The van der Waals surface area contributed by atoms with Crippen LogP contribution in [0, 0.1) is 0 Å². The maximum atomic E-state index is 10.9. The molecule has 80 valence electrons. The summed E-state index contributed by atoms with van der Waals surface area (Å²) in [5.41, 5.74) is 6.28. The maximum absolute atomic E-state index is 10.9. The predicted octanol–water partition coefficient (Wildman–Crippen LogP) is 0.729. The summed E-state index contributed by atoms with van der Waals surface area (Å²) in [6.07, 6.45) is 0. The lowest BCUT2D eigenvalue weighted by Gasteiger charge is -2.12. The normalized spacial score (nSPS) is 11.9. The third-order valence-electron chi connectivity index (χ3n) is 1.87. The van der Waals surface area contributed by atoms with Crippen LogP contribution < -0.4 is 11.1 Å². The van der Waals surface area contributed by atoms with Crippen LogP contribution in [0.3, 0.4) is 0 Å². The highest BCUT2D eigenvalue weighted by Gasteiger charge is 2.17. The van der Waals surface area contributed by atoms with E-state index in [1.807, 2.05) is 0 Å². The lowest BCUT2D eigenvalue weighted by Crippen LogP contribution is -2.22. The van der Waals surface area contributed by atoms with Crippen LogP contribution >= 0.6 is 0 Å². The number of carboxylic acids is 1. The Morgan fingerprint density at radius 3 is 2.53 bits per heavy atom. The molecule has 0 aliphatic heterocycles. The molecule has 1 aromatic rings. The van der Waals surface area contributed by atoms with Crippen LogP contribution in [0.25, 0.3) is 0 Å². The zero-order valence-corrected chi connectivity index (χ0v) is 8.23. The lowest BCUT2D eigenvalue weighted by atomic mass is 10.1. The van der Waals surface area contributed by atoms with Crippen molar-refractivity contribution < 1.29 is 14.7 Å². The Hall–Kier alpha value is -1.88. The molecule has 0 aliphatic carbocycles. The number of hydrogen-bond acceptors (Lipinski definition) is 3. The minimum atomic E-state index is -1.13. The second-order valence-corrected chi connectivity index (χ2v) is 3.08. The lowest BCUT2D eigenvalue weighted by molar-refractivity contribution is -0.138. The average molecular weight is 208 g/mol. The summed E-state index contributed by atoms with van der Waals surface area (Å²) >= 11 is 0. The van der Waals surface area contributed by atoms with Crippen LogP contribution in [0.15, 0.2) is 24.3 Å². The number of aliphatic carboxylic acids is 1. The Balaban J connectivity index is 3.05. The first kappa shape index (κ1) is 11.2. The SMILES string of the molecule is CC(=O)Nc1ccccc1[C@H](N)C(=O)O. The smallest absolute Gasteiger partial charge is 0.325 e. The van der Waals surface area contributed by atoms with Gasteiger partial charge in [-0.25, -0.2) is 0 Å². The number of rotatable bonds is 3. The molecule has 5 heteroatoms. The summed E-state index contributed by atoms with van der Waals surface area (Å²) in [5, 5.41) is 11.3. The van der Waals surface area contributed by atoms with Crippen molar-refractivity contribution in [2.75, 3.05) is 5.32 Å². The number of carbonyl (C=O) groups excluding carboxylic acids is 1. The van der Waals surface area contributed by atoms with E-state index in [1.165, 1.54) is 6.92 Å². The Bertz CT molecular complexity index is 390. The third-order valence-corrected chi connectivity index (χ3v) is 1.87. The fraction of sp³-hybridized carbons (Fsp3) is 0.200. The standard InChI is InChI=1S/C10H12N2O3/c1-6(13)12-8-5-3-2-4-7(8)9(11)10(14)15/h2-5,9H,11H2,1H3,(H,12,13)(H,14,15)/t9-/m0/s1. The largest absolute Gasteiger partial charge is 0.480 e. The molecule has 0 spiro atoms. The van der Waals surface area contributed by atoms with Gasteiger partial charge in [0.2, 0.25) is 5.91 Å². The van der Waals surface area contributed by atoms with E-state index >= 15 is 0 Å². The van der Waals surface area contributed by atoms with Crippen LogP contribution in [-0.2, 0) is 9.59 Å². The zero-order valence-electron chi connectivity index (χ0n) is 8.23. The van der Waals surface area contributed by atoms with Gasteiger partial charge in [0.1, 0.15) is 6.04 Å². The molecule has 0 bridgehead atoms. The molecular weight excluding hydrogens is 196 g/mol. The molecule has 5 nitrogen and oxygen atoms in total. The van der Waals surface area contributed by atoms with Crippen molar-refractivity contribution in [3.8, 4) is 0 Å². The van der Waals surface area contributed by atoms with Gasteiger partial charge < -0.3 is 16.2 Å².